The molecule has 1 heterocycles. The van der Waals surface area contributed by atoms with Gasteiger partial charge in [-0.2, -0.15) is 0 Å². The number of carbonyl (C=O) groups is 1. The van der Waals surface area contributed by atoms with Crippen molar-refractivity contribution in [3.05, 3.63) is 23.7 Å². The molecule has 0 radical (unpaired) electrons. The van der Waals surface area contributed by atoms with Crippen molar-refractivity contribution in [2.45, 2.75) is 20.0 Å². The highest BCUT2D eigenvalue weighted by Crippen LogP contribution is 2.10. The Morgan fingerprint density at radius 2 is 2.46 bits per heavy atom. The molecule has 0 N–H and O–H groups in total. The topological polar surface area (TPSA) is 39.4 Å². The van der Waals surface area contributed by atoms with Gasteiger partial charge in [0, 0.05) is 5.56 Å². The minimum Gasteiger partial charge on any atom is -0.457 e. The van der Waals surface area contributed by atoms with Gasteiger partial charge >= 0.3 is 5.97 Å². The molecule has 0 aliphatic carbocycles. The van der Waals surface area contributed by atoms with E-state index in [2.05, 4.69) is 5.92 Å². The van der Waals surface area contributed by atoms with Gasteiger partial charge in [0.2, 0.25) is 5.76 Å². The first-order valence-electron chi connectivity index (χ1n) is 3.86. The monoisotopic (exact) mass is 178 g/mol. The van der Waals surface area contributed by atoms with Gasteiger partial charge in [-0.1, -0.05) is 5.92 Å². The number of furan rings is 1. The number of rotatable bonds is 2. The van der Waals surface area contributed by atoms with E-state index in [0.29, 0.717) is 0 Å². The van der Waals surface area contributed by atoms with E-state index in [9.17, 15) is 4.79 Å². The molecule has 0 fully saturated rings. The van der Waals surface area contributed by atoms with Gasteiger partial charge in [-0.3, -0.25) is 0 Å². The quantitative estimate of drug-likeness (QED) is 0.511. The van der Waals surface area contributed by atoms with Crippen LogP contribution in [0.2, 0.25) is 0 Å². The summed E-state index contributed by atoms with van der Waals surface area (Å²) in [5, 5.41) is 0. The van der Waals surface area contributed by atoms with Crippen molar-refractivity contribution in [1.82, 2.24) is 0 Å². The number of terminal acetylenes is 1. The summed E-state index contributed by atoms with van der Waals surface area (Å²) in [6.07, 6.45) is 5.96. The van der Waals surface area contributed by atoms with Crippen LogP contribution in [0, 0.1) is 19.3 Å². The molecule has 1 unspecified atom stereocenters. The fourth-order valence-electron chi connectivity index (χ4n) is 0.830. The Balaban J connectivity index is 2.71. The lowest BCUT2D eigenvalue weighted by molar-refractivity contribution is 0.0401. The highest BCUT2D eigenvalue weighted by molar-refractivity contribution is 5.88. The summed E-state index contributed by atoms with van der Waals surface area (Å²) in [7, 11) is 0. The molecule has 1 aromatic heterocycles. The minimum absolute atomic E-state index is 0.210. The SMILES string of the molecule is C#CC(C)OC(=O)c1occc1C. The maximum Gasteiger partial charge on any atom is 0.375 e. The van der Waals surface area contributed by atoms with Crippen LogP contribution >= 0.6 is 0 Å². The number of aryl methyl sites for hydroxylation is 1. The van der Waals surface area contributed by atoms with Crippen LogP contribution in [0.15, 0.2) is 16.7 Å². The third-order valence-electron chi connectivity index (χ3n) is 1.57. The van der Waals surface area contributed by atoms with Gasteiger partial charge in [-0.15, -0.1) is 6.42 Å². The van der Waals surface area contributed by atoms with Crippen molar-refractivity contribution in [1.29, 1.82) is 0 Å². The van der Waals surface area contributed by atoms with Crippen LogP contribution < -0.4 is 0 Å². The van der Waals surface area contributed by atoms with Crippen LogP contribution in [0.4, 0.5) is 0 Å². The second-order valence-electron chi connectivity index (χ2n) is 2.65. The van der Waals surface area contributed by atoms with Gasteiger partial charge in [-0.05, 0) is 19.9 Å². The predicted molar refractivity (Wildman–Crippen MR) is 47.2 cm³/mol. The van der Waals surface area contributed by atoms with E-state index < -0.39 is 12.1 Å². The highest BCUT2D eigenvalue weighted by atomic mass is 16.6. The van der Waals surface area contributed by atoms with E-state index in [-0.39, 0.29) is 5.76 Å². The Morgan fingerprint density at radius 3 is 2.92 bits per heavy atom. The summed E-state index contributed by atoms with van der Waals surface area (Å²) in [5.41, 5.74) is 0.745. The lowest BCUT2D eigenvalue weighted by Crippen LogP contribution is -2.13. The zero-order chi connectivity index (χ0) is 9.84. The van der Waals surface area contributed by atoms with Crippen LogP contribution in [-0.4, -0.2) is 12.1 Å². The number of carbonyl (C=O) groups excluding carboxylic acids is 1. The minimum atomic E-state index is -0.531. The summed E-state index contributed by atoms with van der Waals surface area (Å²) >= 11 is 0. The van der Waals surface area contributed by atoms with E-state index in [1.807, 2.05) is 0 Å². The maximum absolute atomic E-state index is 11.3. The van der Waals surface area contributed by atoms with Gasteiger partial charge < -0.3 is 9.15 Å². The fraction of sp³-hybridized carbons (Fsp3) is 0.300. The first-order valence-corrected chi connectivity index (χ1v) is 3.86. The Kier molecular flexibility index (Phi) is 2.76. The molecular weight excluding hydrogens is 168 g/mol. The summed E-state index contributed by atoms with van der Waals surface area (Å²) in [5.74, 6) is 1.98. The molecule has 0 aromatic carbocycles. The van der Waals surface area contributed by atoms with Gasteiger partial charge in [0.25, 0.3) is 0 Å². The Labute approximate surface area is 76.7 Å². The van der Waals surface area contributed by atoms with Gasteiger partial charge in [0.1, 0.15) is 0 Å². The third kappa shape index (κ3) is 2.12. The van der Waals surface area contributed by atoms with Gasteiger partial charge in [-0.25, -0.2) is 4.79 Å². The molecule has 0 spiro atoms. The third-order valence-corrected chi connectivity index (χ3v) is 1.57. The zero-order valence-corrected chi connectivity index (χ0v) is 7.53. The Hall–Kier alpha value is -1.69. The molecule has 0 aliphatic heterocycles. The second kappa shape index (κ2) is 3.81. The van der Waals surface area contributed by atoms with Crippen LogP contribution in [0.25, 0.3) is 0 Å². The summed E-state index contributed by atoms with van der Waals surface area (Å²) < 4.78 is 9.78. The Morgan fingerprint density at radius 1 is 1.77 bits per heavy atom. The smallest absolute Gasteiger partial charge is 0.375 e. The lowest BCUT2D eigenvalue weighted by Gasteiger charge is -2.04. The van der Waals surface area contributed by atoms with E-state index in [0.717, 1.165) is 5.56 Å². The second-order valence-corrected chi connectivity index (χ2v) is 2.65. The molecule has 0 aliphatic rings. The van der Waals surface area contributed by atoms with Gasteiger partial charge in [0.05, 0.1) is 6.26 Å². The molecule has 68 valence electrons. The fourth-order valence-corrected chi connectivity index (χ4v) is 0.830. The Bertz CT molecular complexity index is 343. The molecule has 1 atom stereocenters. The molecule has 0 saturated heterocycles. The van der Waals surface area contributed by atoms with Gasteiger partial charge in [0.15, 0.2) is 6.10 Å². The van der Waals surface area contributed by atoms with E-state index in [1.54, 1.807) is 19.9 Å². The highest BCUT2D eigenvalue weighted by Gasteiger charge is 2.15. The van der Waals surface area contributed by atoms with E-state index in [1.165, 1.54) is 6.26 Å². The molecule has 1 rings (SSSR count). The lowest BCUT2D eigenvalue weighted by atomic mass is 10.3. The first kappa shape index (κ1) is 9.40. The van der Waals surface area contributed by atoms with Crippen molar-refractivity contribution in [2.75, 3.05) is 0 Å². The molecule has 0 bridgehead atoms. The van der Waals surface area contributed by atoms with Crippen molar-refractivity contribution >= 4 is 5.97 Å². The van der Waals surface area contributed by atoms with Crippen LogP contribution in [-0.2, 0) is 4.74 Å². The summed E-state index contributed by atoms with van der Waals surface area (Å²) in [6, 6.07) is 1.69. The predicted octanol–water partition coefficient (Wildman–Crippen LogP) is 1.77. The van der Waals surface area contributed by atoms with Crippen molar-refractivity contribution in [3.8, 4) is 12.3 Å². The molecule has 0 amide bonds. The average molecular weight is 178 g/mol. The summed E-state index contributed by atoms with van der Waals surface area (Å²) in [6.45, 7) is 3.39. The van der Waals surface area contributed by atoms with Crippen LogP contribution in [0.1, 0.15) is 23.0 Å². The van der Waals surface area contributed by atoms with Crippen LogP contribution in [0.3, 0.4) is 0 Å². The average Bonchev–Trinajstić information content (AvgIpc) is 2.51. The molecular formula is C10H10O3. The van der Waals surface area contributed by atoms with E-state index in [4.69, 9.17) is 15.6 Å². The largest absolute Gasteiger partial charge is 0.457 e. The number of esters is 1. The maximum atomic E-state index is 11.3. The van der Waals surface area contributed by atoms with E-state index >= 15 is 0 Å². The van der Waals surface area contributed by atoms with Crippen molar-refractivity contribution in [3.63, 3.8) is 0 Å². The van der Waals surface area contributed by atoms with Crippen LogP contribution in [0.5, 0.6) is 0 Å². The molecule has 3 nitrogen and oxygen atoms in total. The van der Waals surface area contributed by atoms with Crippen molar-refractivity contribution in [2.24, 2.45) is 0 Å². The zero-order valence-electron chi connectivity index (χ0n) is 7.53. The first-order chi connectivity index (χ1) is 6.15. The number of ether oxygens (including phenoxy) is 1. The molecule has 13 heavy (non-hydrogen) atoms. The standard InChI is InChI=1S/C10H10O3/c1-4-8(3)13-10(11)9-7(2)5-6-12-9/h1,5-6,8H,2-3H3. The molecule has 1 aromatic rings. The molecule has 3 heteroatoms. The normalized spacial score (nSPS) is 11.8. The molecule has 0 saturated carbocycles. The summed E-state index contributed by atoms with van der Waals surface area (Å²) in [4.78, 5) is 11.3. The number of hydrogen-bond donors (Lipinski definition) is 0. The van der Waals surface area contributed by atoms with Crippen molar-refractivity contribution < 1.29 is 13.9 Å². The number of hydrogen-bond acceptors (Lipinski definition) is 3.